The highest BCUT2D eigenvalue weighted by molar-refractivity contribution is 5.89. The predicted octanol–water partition coefficient (Wildman–Crippen LogP) is 13.5. The third kappa shape index (κ3) is 4.01. The molecule has 1 spiro atoms. The van der Waals surface area contributed by atoms with Gasteiger partial charge in [-0.25, -0.2) is 0 Å². The molecule has 262 valence electrons. The first kappa shape index (κ1) is 31.4. The minimum Gasteiger partial charge on any atom is -0.310 e. The molecule has 0 atom stereocenters. The van der Waals surface area contributed by atoms with E-state index >= 15 is 0 Å². The summed E-state index contributed by atoms with van der Waals surface area (Å²) in [5.74, 6) is 3.37. The van der Waals surface area contributed by atoms with Crippen LogP contribution >= 0.6 is 0 Å². The summed E-state index contributed by atoms with van der Waals surface area (Å²) < 4.78 is 0. The standard InChI is InChI=1S/C51H53N/c1-48(2)21-22-49(3,4)47-30-37(17-20-45(47)48)52(35-16-19-43-41(28-35)39-12-7-9-13-42(39)50(43,5)6)36-15-18-40-38-11-8-10-14-44(38)51(46(40)29-36)33-24-31-23-32(26-33)27-34(51)25-31/h7-20,28-34H,21-27H2,1-6H3. The lowest BCUT2D eigenvalue weighted by Gasteiger charge is -2.61. The van der Waals surface area contributed by atoms with Crippen LogP contribution in [0.1, 0.15) is 120 Å². The van der Waals surface area contributed by atoms with Crippen LogP contribution in [0, 0.1) is 23.7 Å². The maximum atomic E-state index is 2.68. The molecule has 0 unspecified atom stereocenters. The van der Waals surface area contributed by atoms with Gasteiger partial charge in [0.2, 0.25) is 0 Å². The molecule has 1 heteroatoms. The number of fused-ring (bicyclic) bond motifs is 7. The van der Waals surface area contributed by atoms with Gasteiger partial charge in [-0.15, -0.1) is 0 Å². The Morgan fingerprint density at radius 2 is 0.904 bits per heavy atom. The van der Waals surface area contributed by atoms with Gasteiger partial charge in [-0.1, -0.05) is 108 Å². The van der Waals surface area contributed by atoms with Crippen LogP contribution in [0.2, 0.25) is 0 Å². The molecule has 4 fully saturated rings. The van der Waals surface area contributed by atoms with Gasteiger partial charge >= 0.3 is 0 Å². The summed E-state index contributed by atoms with van der Waals surface area (Å²) in [4.78, 5) is 2.62. The van der Waals surface area contributed by atoms with Gasteiger partial charge in [-0.05, 0) is 171 Å². The Hall–Kier alpha value is -4.10. The van der Waals surface area contributed by atoms with E-state index < -0.39 is 0 Å². The molecule has 0 radical (unpaired) electrons. The smallest absolute Gasteiger partial charge is 0.0468 e. The van der Waals surface area contributed by atoms with Crippen molar-refractivity contribution in [2.24, 2.45) is 23.7 Å². The monoisotopic (exact) mass is 679 g/mol. The third-order valence-corrected chi connectivity index (χ3v) is 15.7. The number of hydrogen-bond acceptors (Lipinski definition) is 1. The molecule has 5 aromatic carbocycles. The Bertz CT molecular complexity index is 2290. The fourth-order valence-corrected chi connectivity index (χ4v) is 13.3. The van der Waals surface area contributed by atoms with E-state index in [4.69, 9.17) is 0 Å². The normalized spacial score (nSPS) is 28.6. The molecule has 7 aliphatic carbocycles. The topological polar surface area (TPSA) is 3.24 Å². The van der Waals surface area contributed by atoms with Crippen molar-refractivity contribution in [2.45, 2.75) is 108 Å². The molecule has 0 aliphatic heterocycles. The van der Waals surface area contributed by atoms with Crippen LogP contribution in [0.25, 0.3) is 22.3 Å². The fourth-order valence-electron chi connectivity index (χ4n) is 13.3. The zero-order valence-electron chi connectivity index (χ0n) is 32.0. The van der Waals surface area contributed by atoms with Crippen LogP contribution in [0.3, 0.4) is 0 Å². The fraction of sp³-hybridized carbons (Fsp3) is 0.412. The van der Waals surface area contributed by atoms with Crippen LogP contribution in [0.15, 0.2) is 103 Å². The lowest BCUT2D eigenvalue weighted by molar-refractivity contribution is -0.0399. The molecule has 5 aromatic rings. The predicted molar refractivity (Wildman–Crippen MR) is 217 cm³/mol. The first-order valence-electron chi connectivity index (χ1n) is 20.4. The largest absolute Gasteiger partial charge is 0.310 e. The second-order valence-corrected chi connectivity index (χ2v) is 19.7. The van der Waals surface area contributed by atoms with Gasteiger partial charge in [0.05, 0.1) is 0 Å². The molecule has 0 saturated heterocycles. The van der Waals surface area contributed by atoms with E-state index in [2.05, 4.69) is 150 Å². The minimum atomic E-state index is -0.0120. The van der Waals surface area contributed by atoms with Crippen molar-refractivity contribution in [1.29, 1.82) is 0 Å². The molecular formula is C51H53N. The summed E-state index contributed by atoms with van der Waals surface area (Å²) in [7, 11) is 0. The van der Waals surface area contributed by atoms with Crippen molar-refractivity contribution in [3.05, 3.63) is 137 Å². The Morgan fingerprint density at radius 1 is 0.423 bits per heavy atom. The molecule has 0 N–H and O–H groups in total. The lowest BCUT2D eigenvalue weighted by atomic mass is 9.43. The van der Waals surface area contributed by atoms with Crippen molar-refractivity contribution >= 4 is 17.1 Å². The van der Waals surface area contributed by atoms with Crippen LogP contribution in [-0.2, 0) is 21.7 Å². The van der Waals surface area contributed by atoms with Gasteiger partial charge in [0.25, 0.3) is 0 Å². The third-order valence-electron chi connectivity index (χ3n) is 15.7. The number of nitrogens with zero attached hydrogens (tertiary/aromatic N) is 1. The molecule has 0 amide bonds. The van der Waals surface area contributed by atoms with E-state index in [1.54, 1.807) is 11.1 Å². The van der Waals surface area contributed by atoms with E-state index in [9.17, 15) is 0 Å². The maximum Gasteiger partial charge on any atom is 0.0468 e. The van der Waals surface area contributed by atoms with E-state index in [-0.39, 0.29) is 21.7 Å². The van der Waals surface area contributed by atoms with Crippen molar-refractivity contribution in [1.82, 2.24) is 0 Å². The van der Waals surface area contributed by atoms with E-state index in [1.807, 2.05) is 0 Å². The second-order valence-electron chi connectivity index (χ2n) is 19.7. The summed E-state index contributed by atoms with van der Waals surface area (Å²) in [5, 5.41) is 0. The van der Waals surface area contributed by atoms with E-state index in [0.29, 0.717) is 0 Å². The van der Waals surface area contributed by atoms with Gasteiger partial charge < -0.3 is 4.90 Å². The summed E-state index contributed by atoms with van der Waals surface area (Å²) in [6.07, 6.45) is 9.55. The van der Waals surface area contributed by atoms with Gasteiger partial charge in [-0.3, -0.25) is 0 Å². The summed E-state index contributed by atoms with van der Waals surface area (Å²) >= 11 is 0. The Morgan fingerprint density at radius 3 is 1.58 bits per heavy atom. The van der Waals surface area contributed by atoms with Crippen LogP contribution in [0.4, 0.5) is 17.1 Å². The molecule has 0 heterocycles. The second kappa shape index (κ2) is 10.3. The summed E-state index contributed by atoms with van der Waals surface area (Å²) in [6, 6.07) is 41.1. The van der Waals surface area contributed by atoms with Gasteiger partial charge in [0.15, 0.2) is 0 Å². The number of hydrogen-bond donors (Lipinski definition) is 0. The van der Waals surface area contributed by atoms with Crippen LogP contribution in [-0.4, -0.2) is 0 Å². The van der Waals surface area contributed by atoms with Crippen molar-refractivity contribution in [2.75, 3.05) is 4.90 Å². The first-order valence-corrected chi connectivity index (χ1v) is 20.4. The first-order chi connectivity index (χ1) is 25.0. The summed E-state index contributed by atoms with van der Waals surface area (Å²) in [6.45, 7) is 14.6. The molecule has 12 rings (SSSR count). The summed E-state index contributed by atoms with van der Waals surface area (Å²) in [5.41, 5.74) is 19.2. The van der Waals surface area contributed by atoms with Gasteiger partial charge in [-0.2, -0.15) is 0 Å². The zero-order valence-corrected chi connectivity index (χ0v) is 32.0. The molecule has 52 heavy (non-hydrogen) atoms. The highest BCUT2D eigenvalue weighted by Crippen LogP contribution is 2.69. The highest BCUT2D eigenvalue weighted by Gasteiger charge is 2.61. The molecule has 7 aliphatic rings. The molecular weight excluding hydrogens is 627 g/mol. The number of rotatable bonds is 3. The average molecular weight is 680 g/mol. The van der Waals surface area contributed by atoms with Crippen molar-refractivity contribution < 1.29 is 0 Å². The van der Waals surface area contributed by atoms with Crippen molar-refractivity contribution in [3.63, 3.8) is 0 Å². The minimum absolute atomic E-state index is 0.0120. The number of benzene rings is 5. The van der Waals surface area contributed by atoms with E-state index in [0.717, 1.165) is 23.7 Å². The average Bonchev–Trinajstić information content (AvgIpc) is 3.55. The molecule has 4 bridgehead atoms. The van der Waals surface area contributed by atoms with Crippen LogP contribution in [0.5, 0.6) is 0 Å². The quantitative estimate of drug-likeness (QED) is 0.183. The molecule has 0 aromatic heterocycles. The lowest BCUT2D eigenvalue weighted by Crippen LogP contribution is -2.55. The highest BCUT2D eigenvalue weighted by atomic mass is 15.1. The molecule has 4 saturated carbocycles. The zero-order chi connectivity index (χ0) is 35.4. The van der Waals surface area contributed by atoms with Gasteiger partial charge in [0, 0.05) is 27.9 Å². The molecule has 1 nitrogen and oxygen atoms in total. The SMILES string of the molecule is CC1(C)CCC(C)(C)c2cc(N(c3ccc4c(c3)-c3ccccc3C4(C)C)c3ccc4c(c3)C3(c5ccccc5-4)C4CC5CC(C4)CC3C5)ccc21. The Labute approximate surface area is 311 Å². The maximum absolute atomic E-state index is 2.68. The van der Waals surface area contributed by atoms with E-state index in [1.165, 1.54) is 107 Å². The van der Waals surface area contributed by atoms with Crippen LogP contribution < -0.4 is 4.90 Å². The Kier molecular flexibility index (Phi) is 6.23. The number of anilines is 3. The van der Waals surface area contributed by atoms with Gasteiger partial charge in [0.1, 0.15) is 0 Å². The Balaban J connectivity index is 1.14. The van der Waals surface area contributed by atoms with Crippen molar-refractivity contribution in [3.8, 4) is 22.3 Å².